The number of carbonyl (C=O) groups excluding carboxylic acids is 2. The van der Waals surface area contributed by atoms with E-state index in [2.05, 4.69) is 15.8 Å². The molecule has 6 nitrogen and oxygen atoms in total. The van der Waals surface area contributed by atoms with Crippen LogP contribution < -0.4 is 15.5 Å². The van der Waals surface area contributed by atoms with E-state index in [0.717, 1.165) is 11.3 Å². The Labute approximate surface area is 139 Å². The Hall–Kier alpha value is -3.15. The summed E-state index contributed by atoms with van der Waals surface area (Å²) < 4.78 is 5.12. The van der Waals surface area contributed by atoms with Crippen LogP contribution in [0.5, 0.6) is 5.75 Å². The molecular formula is C18H17N3O3. The smallest absolute Gasteiger partial charge is 0.255 e. The minimum Gasteiger partial charge on any atom is -0.497 e. The molecule has 0 bridgehead atoms. The Morgan fingerprint density at radius 2 is 1.96 bits per heavy atom. The topological polar surface area (TPSA) is 79.8 Å². The van der Waals surface area contributed by atoms with Crippen LogP contribution in [0, 0.1) is 0 Å². The second-order valence-corrected chi connectivity index (χ2v) is 5.36. The molecule has 2 aromatic carbocycles. The maximum absolute atomic E-state index is 12.3. The Morgan fingerprint density at radius 3 is 2.62 bits per heavy atom. The van der Waals surface area contributed by atoms with Crippen molar-refractivity contribution in [3.8, 4) is 5.75 Å². The van der Waals surface area contributed by atoms with Crippen LogP contribution in [0.4, 0.5) is 5.69 Å². The first-order valence-corrected chi connectivity index (χ1v) is 7.57. The van der Waals surface area contributed by atoms with Gasteiger partial charge in [-0.3, -0.25) is 9.59 Å². The van der Waals surface area contributed by atoms with E-state index in [1.165, 1.54) is 0 Å². The minimum absolute atomic E-state index is 0.0686. The first-order chi connectivity index (χ1) is 11.7. The fraction of sp³-hybridized carbons (Fsp3) is 0.167. The van der Waals surface area contributed by atoms with Gasteiger partial charge in [0.05, 0.1) is 12.8 Å². The highest BCUT2D eigenvalue weighted by Gasteiger charge is 2.13. The summed E-state index contributed by atoms with van der Waals surface area (Å²) in [6, 6.07) is 14.3. The largest absolute Gasteiger partial charge is 0.497 e. The standard InChI is InChI=1S/C18H17N3O3/c1-24-15-4-2-3-13(11-15)18(23)19-14-7-5-12(6-8-14)16-9-10-17(22)21-20-16/h2-8,11H,9-10H2,1H3,(H,19,23)(H,21,22). The Balaban J connectivity index is 1.69. The first kappa shape index (κ1) is 15.7. The maximum atomic E-state index is 12.3. The Bertz CT molecular complexity index is 797. The number of rotatable bonds is 4. The minimum atomic E-state index is -0.205. The monoisotopic (exact) mass is 323 g/mol. The number of nitrogens with one attached hydrogen (secondary N) is 2. The van der Waals surface area contributed by atoms with Crippen molar-refractivity contribution in [2.45, 2.75) is 12.8 Å². The lowest BCUT2D eigenvalue weighted by atomic mass is 10.0. The molecule has 1 aliphatic rings. The molecule has 0 saturated carbocycles. The lowest BCUT2D eigenvalue weighted by molar-refractivity contribution is -0.121. The summed E-state index contributed by atoms with van der Waals surface area (Å²) in [7, 11) is 1.56. The van der Waals surface area contributed by atoms with Crippen LogP contribution in [-0.4, -0.2) is 24.6 Å². The normalized spacial score (nSPS) is 13.7. The second-order valence-electron chi connectivity index (χ2n) is 5.36. The number of ether oxygens (including phenoxy) is 1. The van der Waals surface area contributed by atoms with Crippen LogP contribution in [0.15, 0.2) is 53.6 Å². The van der Waals surface area contributed by atoms with Crippen molar-refractivity contribution in [3.05, 3.63) is 59.7 Å². The molecular weight excluding hydrogens is 306 g/mol. The SMILES string of the molecule is COc1cccc(C(=O)Nc2ccc(C3=NNC(=O)CC3)cc2)c1. The van der Waals surface area contributed by atoms with Gasteiger partial charge in [0.15, 0.2) is 0 Å². The highest BCUT2D eigenvalue weighted by atomic mass is 16.5. The zero-order valence-electron chi connectivity index (χ0n) is 13.2. The molecule has 2 aromatic rings. The van der Waals surface area contributed by atoms with Crippen molar-refractivity contribution < 1.29 is 14.3 Å². The number of amides is 2. The Morgan fingerprint density at radius 1 is 1.17 bits per heavy atom. The van der Waals surface area contributed by atoms with E-state index < -0.39 is 0 Å². The molecule has 3 rings (SSSR count). The number of hydrogen-bond acceptors (Lipinski definition) is 4. The third-order valence-corrected chi connectivity index (χ3v) is 3.71. The van der Waals surface area contributed by atoms with Crippen molar-refractivity contribution in [3.63, 3.8) is 0 Å². The van der Waals surface area contributed by atoms with Gasteiger partial charge in [0, 0.05) is 24.1 Å². The molecule has 0 spiro atoms. The molecule has 24 heavy (non-hydrogen) atoms. The van der Waals surface area contributed by atoms with E-state index in [4.69, 9.17) is 4.74 Å². The first-order valence-electron chi connectivity index (χ1n) is 7.57. The van der Waals surface area contributed by atoms with Crippen LogP contribution in [0.25, 0.3) is 0 Å². The average Bonchev–Trinajstić information content (AvgIpc) is 2.63. The van der Waals surface area contributed by atoms with E-state index >= 15 is 0 Å². The lowest BCUT2D eigenvalue weighted by Gasteiger charge is -2.12. The third-order valence-electron chi connectivity index (χ3n) is 3.71. The van der Waals surface area contributed by atoms with Crippen LogP contribution in [0.1, 0.15) is 28.8 Å². The van der Waals surface area contributed by atoms with Gasteiger partial charge in [0.2, 0.25) is 5.91 Å². The van der Waals surface area contributed by atoms with Gasteiger partial charge in [-0.05, 0) is 35.9 Å². The van der Waals surface area contributed by atoms with Crippen molar-refractivity contribution in [1.82, 2.24) is 5.43 Å². The summed E-state index contributed by atoms with van der Waals surface area (Å²) in [5.41, 5.74) is 5.45. The van der Waals surface area contributed by atoms with E-state index in [1.807, 2.05) is 24.3 Å². The molecule has 0 aliphatic carbocycles. The molecule has 122 valence electrons. The fourth-order valence-electron chi connectivity index (χ4n) is 2.40. The third kappa shape index (κ3) is 3.60. The van der Waals surface area contributed by atoms with Gasteiger partial charge >= 0.3 is 0 Å². The number of benzene rings is 2. The summed E-state index contributed by atoms with van der Waals surface area (Å²) in [5, 5.41) is 6.90. The van der Waals surface area contributed by atoms with Crippen molar-refractivity contribution >= 4 is 23.2 Å². The van der Waals surface area contributed by atoms with Crippen molar-refractivity contribution in [2.75, 3.05) is 12.4 Å². The van der Waals surface area contributed by atoms with Crippen LogP contribution in [-0.2, 0) is 4.79 Å². The molecule has 2 N–H and O–H groups in total. The van der Waals surface area contributed by atoms with Gasteiger partial charge < -0.3 is 10.1 Å². The molecule has 0 fully saturated rings. The number of hydrazone groups is 1. The molecule has 6 heteroatoms. The number of methoxy groups -OCH3 is 1. The molecule has 1 aliphatic heterocycles. The van der Waals surface area contributed by atoms with Gasteiger partial charge in [-0.15, -0.1) is 0 Å². The van der Waals surface area contributed by atoms with Crippen molar-refractivity contribution in [2.24, 2.45) is 5.10 Å². The predicted molar refractivity (Wildman–Crippen MR) is 91.3 cm³/mol. The average molecular weight is 323 g/mol. The molecule has 0 atom stereocenters. The van der Waals surface area contributed by atoms with E-state index in [-0.39, 0.29) is 11.8 Å². The zero-order chi connectivity index (χ0) is 16.9. The van der Waals surface area contributed by atoms with E-state index in [0.29, 0.717) is 29.8 Å². The van der Waals surface area contributed by atoms with E-state index in [9.17, 15) is 9.59 Å². The predicted octanol–water partition coefficient (Wildman–Crippen LogP) is 2.56. The highest BCUT2D eigenvalue weighted by molar-refractivity contribution is 6.06. The second kappa shape index (κ2) is 6.95. The quantitative estimate of drug-likeness (QED) is 0.907. The number of hydrogen-bond donors (Lipinski definition) is 2. The summed E-state index contributed by atoms with van der Waals surface area (Å²) in [5.74, 6) is 0.361. The van der Waals surface area contributed by atoms with Gasteiger partial charge in [0.25, 0.3) is 5.91 Å². The Kier molecular flexibility index (Phi) is 4.56. The summed E-state index contributed by atoms with van der Waals surface area (Å²) >= 11 is 0. The van der Waals surface area contributed by atoms with Gasteiger partial charge in [-0.1, -0.05) is 18.2 Å². The van der Waals surface area contributed by atoms with Crippen LogP contribution in [0.3, 0.4) is 0 Å². The van der Waals surface area contributed by atoms with Gasteiger partial charge in [-0.2, -0.15) is 5.10 Å². The fourth-order valence-corrected chi connectivity index (χ4v) is 2.40. The molecule has 1 heterocycles. The van der Waals surface area contributed by atoms with Gasteiger partial charge in [0.1, 0.15) is 5.75 Å². The van der Waals surface area contributed by atoms with Crippen LogP contribution in [0.2, 0.25) is 0 Å². The highest BCUT2D eigenvalue weighted by Crippen LogP contribution is 2.17. The van der Waals surface area contributed by atoms with Crippen molar-refractivity contribution in [1.29, 1.82) is 0 Å². The molecule has 0 saturated heterocycles. The summed E-state index contributed by atoms with van der Waals surface area (Å²) in [6.45, 7) is 0. The maximum Gasteiger partial charge on any atom is 0.255 e. The summed E-state index contributed by atoms with van der Waals surface area (Å²) in [4.78, 5) is 23.4. The lowest BCUT2D eigenvalue weighted by Crippen LogP contribution is -2.25. The molecule has 0 radical (unpaired) electrons. The van der Waals surface area contributed by atoms with E-state index in [1.54, 1.807) is 31.4 Å². The van der Waals surface area contributed by atoms with Crippen LogP contribution >= 0.6 is 0 Å². The molecule has 0 unspecified atom stereocenters. The number of nitrogens with zero attached hydrogens (tertiary/aromatic N) is 1. The summed E-state index contributed by atoms with van der Waals surface area (Å²) in [6.07, 6.45) is 1.05. The molecule has 0 aromatic heterocycles. The zero-order valence-corrected chi connectivity index (χ0v) is 13.2. The molecule has 2 amide bonds. The number of carbonyl (C=O) groups is 2. The van der Waals surface area contributed by atoms with Gasteiger partial charge in [-0.25, -0.2) is 5.43 Å². The number of anilines is 1.